The van der Waals surface area contributed by atoms with Crippen molar-refractivity contribution in [3.63, 3.8) is 0 Å². The number of fused-ring (bicyclic) bond motifs is 1. The average Bonchev–Trinajstić information content (AvgIpc) is 2.97. The van der Waals surface area contributed by atoms with Crippen molar-refractivity contribution in [1.82, 2.24) is 4.57 Å². The Morgan fingerprint density at radius 2 is 2.04 bits per heavy atom. The fourth-order valence-corrected chi connectivity index (χ4v) is 4.57. The topological polar surface area (TPSA) is 94.5 Å². The van der Waals surface area contributed by atoms with Gasteiger partial charge in [-0.15, -0.1) is 0 Å². The summed E-state index contributed by atoms with van der Waals surface area (Å²) in [6.45, 7) is 2.66. The van der Waals surface area contributed by atoms with Crippen molar-refractivity contribution in [2.24, 2.45) is 10.1 Å². The molecule has 0 unspecified atom stereocenters. The predicted octanol–water partition coefficient (Wildman–Crippen LogP) is 3.55. The van der Waals surface area contributed by atoms with Crippen LogP contribution in [0.25, 0.3) is 16.3 Å². The van der Waals surface area contributed by atoms with Crippen molar-refractivity contribution in [2.45, 2.75) is 24.8 Å². The Balaban J connectivity index is 2.04. The van der Waals surface area contributed by atoms with Gasteiger partial charge in [-0.05, 0) is 42.3 Å². The normalized spacial score (nSPS) is 12.9. The highest BCUT2D eigenvalue weighted by Crippen LogP contribution is 2.21. The molecular weight excluding hydrogens is 418 g/mol. The summed E-state index contributed by atoms with van der Waals surface area (Å²) in [6, 6.07) is 11.8. The van der Waals surface area contributed by atoms with E-state index in [1.54, 1.807) is 24.3 Å². The van der Waals surface area contributed by atoms with E-state index in [0.29, 0.717) is 21.1 Å². The van der Waals surface area contributed by atoms with E-state index in [2.05, 4.69) is 4.99 Å². The molecule has 28 heavy (non-hydrogen) atoms. The molecule has 9 heteroatoms. The number of hydrogen-bond donors (Lipinski definition) is 1. The fourth-order valence-electron chi connectivity index (χ4n) is 2.66. The Bertz CT molecular complexity index is 1240. The molecule has 0 fully saturated rings. The molecule has 2 aromatic carbocycles. The minimum absolute atomic E-state index is 0.0291. The first-order valence-corrected chi connectivity index (χ1v) is 11.2. The molecule has 1 amide bonds. The van der Waals surface area contributed by atoms with Crippen molar-refractivity contribution in [3.8, 4) is 0 Å². The second-order valence-corrected chi connectivity index (χ2v) is 8.99. The molecule has 0 radical (unpaired) electrons. The van der Waals surface area contributed by atoms with Crippen LogP contribution < -0.4 is 9.94 Å². The Kier molecular flexibility index (Phi) is 6.14. The number of amides is 1. The third kappa shape index (κ3) is 4.59. The number of nitrogens with zero attached hydrogens (tertiary/aromatic N) is 2. The summed E-state index contributed by atoms with van der Waals surface area (Å²) >= 11 is 7.33. The number of nitrogens with two attached hydrogens (primary N) is 1. The van der Waals surface area contributed by atoms with Gasteiger partial charge in [-0.3, -0.25) is 4.79 Å². The summed E-state index contributed by atoms with van der Waals surface area (Å²) < 4.78 is 25.8. The molecule has 0 saturated heterocycles. The number of aryl methyl sites for hydroxylation is 1. The summed E-state index contributed by atoms with van der Waals surface area (Å²) in [7, 11) is -3.80. The van der Waals surface area contributed by atoms with Gasteiger partial charge in [-0.1, -0.05) is 48.1 Å². The van der Waals surface area contributed by atoms with Crippen LogP contribution >= 0.6 is 22.9 Å². The van der Waals surface area contributed by atoms with Gasteiger partial charge in [0.05, 0.1) is 15.1 Å². The lowest BCUT2D eigenvalue weighted by atomic mass is 10.2. The molecule has 6 nitrogen and oxygen atoms in total. The van der Waals surface area contributed by atoms with Crippen LogP contribution in [0.4, 0.5) is 0 Å². The first kappa shape index (κ1) is 20.5. The first-order valence-electron chi connectivity index (χ1n) is 8.47. The van der Waals surface area contributed by atoms with Crippen molar-refractivity contribution < 1.29 is 13.2 Å². The Labute approximate surface area is 171 Å². The third-order valence-electron chi connectivity index (χ3n) is 3.95. The molecule has 3 rings (SSSR count). The summed E-state index contributed by atoms with van der Waals surface area (Å²) in [5.74, 6) is -0.428. The number of primary sulfonamides is 1. The highest BCUT2D eigenvalue weighted by Gasteiger charge is 2.12. The van der Waals surface area contributed by atoms with E-state index in [9.17, 15) is 13.2 Å². The molecule has 146 valence electrons. The highest BCUT2D eigenvalue weighted by molar-refractivity contribution is 7.89. The number of carbonyl (C=O) groups is 1. The lowest BCUT2D eigenvalue weighted by molar-refractivity contribution is -0.113. The Hall–Kier alpha value is -2.26. The van der Waals surface area contributed by atoms with Crippen LogP contribution in [0.1, 0.15) is 18.9 Å². The van der Waals surface area contributed by atoms with Gasteiger partial charge in [0.1, 0.15) is 0 Å². The first-order chi connectivity index (χ1) is 13.3. The highest BCUT2D eigenvalue weighted by atomic mass is 35.5. The summed E-state index contributed by atoms with van der Waals surface area (Å²) in [4.78, 5) is 17.0. The van der Waals surface area contributed by atoms with Crippen LogP contribution in [0.15, 0.2) is 58.4 Å². The smallest absolute Gasteiger partial charge is 0.272 e. The maximum absolute atomic E-state index is 12.3. The lowest BCUT2D eigenvalue weighted by Crippen LogP contribution is -2.16. The number of hydrogen-bond acceptors (Lipinski definition) is 4. The fraction of sp³-hybridized carbons (Fsp3) is 0.158. The molecule has 0 aliphatic heterocycles. The number of benzene rings is 2. The lowest BCUT2D eigenvalue weighted by Gasteiger charge is -2.03. The standard InChI is InChI=1S/C19H18ClN3O3S2/c1-2-11-23-16-9-8-14(28(21,25)26)12-17(16)27-19(23)22-18(24)10-7-13-5-3-4-6-15(13)20/h3-10,12H,2,11H2,1H3,(H2,21,25,26)/b10-7+,22-19?. The largest absolute Gasteiger partial charge is 0.316 e. The Morgan fingerprint density at radius 3 is 2.71 bits per heavy atom. The molecule has 0 spiro atoms. The van der Waals surface area contributed by atoms with Gasteiger partial charge in [-0.25, -0.2) is 13.6 Å². The monoisotopic (exact) mass is 435 g/mol. The summed E-state index contributed by atoms with van der Waals surface area (Å²) in [5.41, 5.74) is 1.53. The summed E-state index contributed by atoms with van der Waals surface area (Å²) in [5, 5.41) is 5.76. The van der Waals surface area contributed by atoms with Crippen LogP contribution in [0.5, 0.6) is 0 Å². The van der Waals surface area contributed by atoms with Crippen molar-refractivity contribution in [2.75, 3.05) is 0 Å². The second-order valence-electron chi connectivity index (χ2n) is 6.02. The number of carbonyl (C=O) groups excluding carboxylic acids is 1. The van der Waals surface area contributed by atoms with Crippen molar-refractivity contribution in [1.29, 1.82) is 0 Å². The summed E-state index contributed by atoms with van der Waals surface area (Å²) in [6.07, 6.45) is 3.81. The molecule has 2 N–H and O–H groups in total. The molecule has 0 saturated carbocycles. The number of halogens is 1. The van der Waals surface area contributed by atoms with E-state index in [0.717, 1.165) is 17.5 Å². The molecule has 0 atom stereocenters. The van der Waals surface area contributed by atoms with E-state index in [4.69, 9.17) is 16.7 Å². The van der Waals surface area contributed by atoms with Crippen LogP contribution in [-0.2, 0) is 21.4 Å². The molecule has 0 aliphatic rings. The zero-order valence-electron chi connectivity index (χ0n) is 15.0. The maximum Gasteiger partial charge on any atom is 0.272 e. The van der Waals surface area contributed by atoms with Crippen LogP contribution in [0.3, 0.4) is 0 Å². The van der Waals surface area contributed by atoms with Crippen molar-refractivity contribution >= 4 is 55.2 Å². The van der Waals surface area contributed by atoms with Gasteiger partial charge in [0, 0.05) is 17.6 Å². The van der Waals surface area contributed by atoms with E-state index in [1.165, 1.54) is 29.5 Å². The zero-order chi connectivity index (χ0) is 20.3. The van der Waals surface area contributed by atoms with Crippen LogP contribution in [-0.4, -0.2) is 18.9 Å². The number of thiazole rings is 1. The molecular formula is C19H18ClN3O3S2. The van der Waals surface area contributed by atoms with Crippen LogP contribution in [0.2, 0.25) is 5.02 Å². The SMILES string of the molecule is CCCn1c(=NC(=O)/C=C/c2ccccc2Cl)sc2cc(S(N)(=O)=O)ccc21. The number of rotatable bonds is 5. The molecule has 1 heterocycles. The predicted molar refractivity (Wildman–Crippen MR) is 113 cm³/mol. The average molecular weight is 436 g/mol. The van der Waals surface area contributed by atoms with E-state index >= 15 is 0 Å². The van der Waals surface area contributed by atoms with Gasteiger partial charge in [0.15, 0.2) is 4.80 Å². The molecule has 1 aromatic heterocycles. The minimum atomic E-state index is -3.80. The quantitative estimate of drug-likeness (QED) is 0.621. The van der Waals surface area contributed by atoms with Gasteiger partial charge in [-0.2, -0.15) is 4.99 Å². The Morgan fingerprint density at radius 1 is 1.29 bits per heavy atom. The van der Waals surface area contributed by atoms with Gasteiger partial charge in [0.25, 0.3) is 5.91 Å². The molecule has 3 aromatic rings. The minimum Gasteiger partial charge on any atom is -0.316 e. The van der Waals surface area contributed by atoms with Crippen molar-refractivity contribution in [3.05, 3.63) is 63.9 Å². The third-order valence-corrected chi connectivity index (χ3v) is 6.24. The molecule has 0 bridgehead atoms. The van der Waals surface area contributed by atoms with Gasteiger partial charge < -0.3 is 4.57 Å². The van der Waals surface area contributed by atoms with E-state index < -0.39 is 15.9 Å². The van der Waals surface area contributed by atoms with Crippen LogP contribution in [0, 0.1) is 0 Å². The number of sulfonamides is 1. The second kappa shape index (κ2) is 8.40. The van der Waals surface area contributed by atoms with Gasteiger partial charge in [0.2, 0.25) is 10.0 Å². The van der Waals surface area contributed by atoms with Gasteiger partial charge >= 0.3 is 0 Å². The molecule has 0 aliphatic carbocycles. The van der Waals surface area contributed by atoms with E-state index in [1.807, 2.05) is 23.6 Å². The number of aromatic nitrogens is 1. The maximum atomic E-state index is 12.3. The van der Waals surface area contributed by atoms with E-state index in [-0.39, 0.29) is 4.90 Å². The zero-order valence-corrected chi connectivity index (χ0v) is 17.4.